The molecule has 0 spiro atoms. The number of nitrogens with zero attached hydrogens (tertiary/aromatic N) is 1. The van der Waals surface area contributed by atoms with Crippen LogP contribution in [0.2, 0.25) is 0 Å². The molecule has 1 aromatic rings. The van der Waals surface area contributed by atoms with E-state index >= 15 is 0 Å². The van der Waals surface area contributed by atoms with Crippen LogP contribution in [0.25, 0.3) is 0 Å². The third kappa shape index (κ3) is 3.93. The molecule has 1 N–H and O–H groups in total. The molecule has 0 aromatic heterocycles. The number of alkyl halides is 1. The summed E-state index contributed by atoms with van der Waals surface area (Å²) in [6, 6.07) is 5.55. The van der Waals surface area contributed by atoms with Crippen LogP contribution in [-0.4, -0.2) is 23.3 Å². The molecule has 0 aliphatic heterocycles. The zero-order chi connectivity index (χ0) is 15.2. The van der Waals surface area contributed by atoms with Crippen LogP contribution in [-0.2, 0) is 0 Å². The maximum absolute atomic E-state index is 12.0. The number of hydrogen-bond donors (Lipinski definition) is 1. The number of rotatable bonds is 7. The quantitative estimate of drug-likeness (QED) is 0.476. The minimum absolute atomic E-state index is 0.0289. The Balaban J connectivity index is 2.69. The summed E-state index contributed by atoms with van der Waals surface area (Å²) in [5.74, 6) is 0.247. The summed E-state index contributed by atoms with van der Waals surface area (Å²) in [5.41, 5.74) is 0.280. The van der Waals surface area contributed by atoms with Gasteiger partial charge in [0.1, 0.15) is 0 Å². The van der Waals surface area contributed by atoms with Gasteiger partial charge in [-0.05, 0) is 25.0 Å². The van der Waals surface area contributed by atoms with Crippen molar-refractivity contribution in [3.8, 4) is 0 Å². The van der Waals surface area contributed by atoms with E-state index < -0.39 is 4.92 Å². The maximum atomic E-state index is 12.0. The molecule has 0 aliphatic rings. The van der Waals surface area contributed by atoms with E-state index in [4.69, 9.17) is 11.6 Å². The van der Waals surface area contributed by atoms with E-state index in [9.17, 15) is 14.9 Å². The predicted octanol–water partition coefficient (Wildman–Crippen LogP) is 3.37. The molecule has 0 atom stereocenters. The highest BCUT2D eigenvalue weighted by Crippen LogP contribution is 2.27. The number of amides is 1. The fourth-order valence-corrected chi connectivity index (χ4v) is 2.31. The van der Waals surface area contributed by atoms with E-state index in [1.165, 1.54) is 24.3 Å². The van der Waals surface area contributed by atoms with Crippen molar-refractivity contribution in [1.29, 1.82) is 0 Å². The number of non-ortho nitro benzene ring substituents is 1. The third-order valence-corrected chi connectivity index (χ3v) is 4.31. The van der Waals surface area contributed by atoms with Crippen molar-refractivity contribution in [2.24, 2.45) is 5.41 Å². The summed E-state index contributed by atoms with van der Waals surface area (Å²) >= 11 is 5.98. The minimum Gasteiger partial charge on any atom is -0.351 e. The molecule has 5 nitrogen and oxygen atoms in total. The summed E-state index contributed by atoms with van der Waals surface area (Å²) in [7, 11) is 0. The Kier molecular flexibility index (Phi) is 5.95. The zero-order valence-electron chi connectivity index (χ0n) is 11.7. The average Bonchev–Trinajstić information content (AvgIpc) is 2.49. The summed E-state index contributed by atoms with van der Waals surface area (Å²) in [4.78, 5) is 22.1. The third-order valence-electron chi connectivity index (χ3n) is 3.75. The van der Waals surface area contributed by atoms with Crippen molar-refractivity contribution in [1.82, 2.24) is 5.32 Å². The molecule has 1 amide bonds. The van der Waals surface area contributed by atoms with Gasteiger partial charge in [-0.25, -0.2) is 0 Å². The van der Waals surface area contributed by atoms with Crippen molar-refractivity contribution in [3.05, 3.63) is 39.9 Å². The topological polar surface area (TPSA) is 72.2 Å². The Bertz CT molecular complexity index is 462. The fraction of sp³-hybridized carbons (Fsp3) is 0.500. The van der Waals surface area contributed by atoms with Crippen molar-refractivity contribution in [2.45, 2.75) is 26.7 Å². The van der Waals surface area contributed by atoms with Crippen molar-refractivity contribution >= 4 is 23.2 Å². The second-order valence-corrected chi connectivity index (χ2v) is 5.09. The van der Waals surface area contributed by atoms with Crippen molar-refractivity contribution in [2.75, 3.05) is 12.4 Å². The molecule has 20 heavy (non-hydrogen) atoms. The van der Waals surface area contributed by atoms with Gasteiger partial charge in [-0.3, -0.25) is 14.9 Å². The fourth-order valence-electron chi connectivity index (χ4n) is 1.84. The van der Waals surface area contributed by atoms with Crippen LogP contribution >= 0.6 is 11.6 Å². The summed E-state index contributed by atoms with van der Waals surface area (Å²) in [6.45, 7) is 4.59. The Morgan fingerprint density at radius 2 is 1.85 bits per heavy atom. The van der Waals surface area contributed by atoms with Gasteiger partial charge in [0.15, 0.2) is 0 Å². The first kappa shape index (κ1) is 16.4. The van der Waals surface area contributed by atoms with E-state index in [0.717, 1.165) is 12.8 Å². The average molecular weight is 299 g/mol. The van der Waals surface area contributed by atoms with Crippen LogP contribution < -0.4 is 5.32 Å². The number of hydrogen-bond acceptors (Lipinski definition) is 3. The van der Waals surface area contributed by atoms with Gasteiger partial charge < -0.3 is 5.32 Å². The highest BCUT2D eigenvalue weighted by molar-refractivity contribution is 6.18. The number of halogens is 1. The lowest BCUT2D eigenvalue weighted by molar-refractivity contribution is -0.384. The largest absolute Gasteiger partial charge is 0.351 e. The molecule has 0 saturated carbocycles. The van der Waals surface area contributed by atoms with Gasteiger partial charge in [-0.1, -0.05) is 13.8 Å². The molecule has 0 unspecified atom stereocenters. The van der Waals surface area contributed by atoms with Crippen molar-refractivity contribution < 1.29 is 9.72 Å². The lowest BCUT2D eigenvalue weighted by Gasteiger charge is -2.29. The molecular formula is C14H19ClN2O3. The van der Waals surface area contributed by atoms with Gasteiger partial charge in [0.05, 0.1) is 4.92 Å². The van der Waals surface area contributed by atoms with E-state index in [2.05, 4.69) is 5.32 Å². The van der Waals surface area contributed by atoms with Gasteiger partial charge in [0.2, 0.25) is 0 Å². The van der Waals surface area contributed by atoms with Gasteiger partial charge in [-0.15, -0.1) is 11.6 Å². The zero-order valence-corrected chi connectivity index (χ0v) is 12.4. The highest BCUT2D eigenvalue weighted by atomic mass is 35.5. The van der Waals surface area contributed by atoms with Crippen LogP contribution in [0.5, 0.6) is 0 Å². The lowest BCUT2D eigenvalue weighted by Crippen LogP contribution is -2.38. The van der Waals surface area contributed by atoms with Gasteiger partial charge in [0, 0.05) is 35.5 Å². The summed E-state index contributed by atoms with van der Waals surface area (Å²) < 4.78 is 0. The highest BCUT2D eigenvalue weighted by Gasteiger charge is 2.25. The van der Waals surface area contributed by atoms with Crippen LogP contribution in [0, 0.1) is 15.5 Å². The second-order valence-electron chi connectivity index (χ2n) is 4.83. The van der Waals surface area contributed by atoms with E-state index in [1.54, 1.807) is 0 Å². The minimum atomic E-state index is -0.492. The molecule has 0 fully saturated rings. The molecule has 0 heterocycles. The number of nitrogens with one attached hydrogen (secondary N) is 1. The van der Waals surface area contributed by atoms with Gasteiger partial charge in [-0.2, -0.15) is 0 Å². The van der Waals surface area contributed by atoms with E-state index in [1.807, 2.05) is 13.8 Å². The molecule has 6 heteroatoms. The second kappa shape index (κ2) is 7.24. The van der Waals surface area contributed by atoms with Gasteiger partial charge in [0.25, 0.3) is 11.6 Å². The molecule has 1 rings (SSSR count). The number of carbonyl (C=O) groups is 1. The number of nitro benzene ring substituents is 1. The van der Waals surface area contributed by atoms with Crippen LogP contribution in [0.3, 0.4) is 0 Å². The molecule has 110 valence electrons. The monoisotopic (exact) mass is 298 g/mol. The van der Waals surface area contributed by atoms with Gasteiger partial charge >= 0.3 is 0 Å². The molecule has 1 aromatic carbocycles. The molecule has 0 bridgehead atoms. The Hall–Kier alpha value is -1.62. The molecular weight excluding hydrogens is 280 g/mol. The lowest BCUT2D eigenvalue weighted by atomic mass is 9.84. The number of carbonyl (C=O) groups excluding carboxylic acids is 1. The Morgan fingerprint density at radius 3 is 2.25 bits per heavy atom. The van der Waals surface area contributed by atoms with Crippen molar-refractivity contribution in [3.63, 3.8) is 0 Å². The first-order chi connectivity index (χ1) is 9.48. The number of benzene rings is 1. The Labute approximate surface area is 123 Å². The summed E-state index contributed by atoms with van der Waals surface area (Å²) in [6.07, 6.45) is 1.76. The maximum Gasteiger partial charge on any atom is 0.269 e. The van der Waals surface area contributed by atoms with Crippen LogP contribution in [0.1, 0.15) is 37.0 Å². The summed E-state index contributed by atoms with van der Waals surface area (Å²) in [5, 5.41) is 13.4. The number of nitro groups is 1. The van der Waals surface area contributed by atoms with E-state index in [-0.39, 0.29) is 17.0 Å². The van der Waals surface area contributed by atoms with E-state index in [0.29, 0.717) is 18.0 Å². The van der Waals surface area contributed by atoms with Crippen LogP contribution in [0.15, 0.2) is 24.3 Å². The molecule has 0 radical (unpaired) electrons. The smallest absolute Gasteiger partial charge is 0.269 e. The standard InChI is InChI=1S/C14H19ClN2O3/c1-3-14(4-2,9-15)10-16-13(18)11-5-7-12(8-6-11)17(19)20/h5-8H,3-4,9-10H2,1-2H3,(H,16,18). The Morgan fingerprint density at radius 1 is 1.30 bits per heavy atom. The van der Waals surface area contributed by atoms with Crippen LogP contribution in [0.4, 0.5) is 5.69 Å². The molecule has 0 aliphatic carbocycles. The predicted molar refractivity (Wildman–Crippen MR) is 79.2 cm³/mol. The first-order valence-electron chi connectivity index (χ1n) is 6.56. The molecule has 0 saturated heterocycles. The first-order valence-corrected chi connectivity index (χ1v) is 7.10. The normalized spacial score (nSPS) is 11.2. The SMILES string of the molecule is CCC(CC)(CCl)CNC(=O)c1ccc([N+](=O)[O-])cc1.